The van der Waals surface area contributed by atoms with Gasteiger partial charge in [0, 0.05) is 0 Å². The van der Waals surface area contributed by atoms with Gasteiger partial charge in [-0.2, -0.15) is 0 Å². The average molecular weight is 71.0 g/mol. The molecule has 0 unspecified atom stereocenters. The Labute approximate surface area is 21.7 Å². The summed E-state index contributed by atoms with van der Waals surface area (Å²) in [5.74, 6) is 0. The van der Waals surface area contributed by atoms with E-state index in [2.05, 4.69) is 0 Å². The van der Waals surface area contributed by atoms with E-state index < -0.39 is 0 Å². The number of nitrogens with zero attached hydrogens (tertiary/aromatic N) is 1. The zero-order chi connectivity index (χ0) is 0. The molecule has 0 rings (SSSR count). The molecular weight excluding hydrogens is 71.0 g/mol. The van der Waals surface area contributed by atoms with Crippen LogP contribution in [0.25, 0.3) is 0 Å². The van der Waals surface area contributed by atoms with Crippen LogP contribution in [0.3, 0.4) is 0 Å². The highest BCUT2D eigenvalue weighted by molar-refractivity contribution is 2.13. The topological polar surface area (TPSA) is 30.5 Å². The van der Waals surface area contributed by atoms with E-state index in [9.17, 15) is 0 Å². The molecule has 0 atom stereocenters. The first-order valence-electron chi connectivity index (χ1n) is 0. The second kappa shape index (κ2) is 22.5. The van der Waals surface area contributed by atoms with Gasteiger partial charge < -0.3 is 14.1 Å². The van der Waals surface area contributed by atoms with Crippen LogP contribution in [0.5, 0.6) is 0 Å². The predicted molar refractivity (Wildman–Crippen MR) is 2.13 cm³/mol. The Bertz CT molecular complexity index is 3.25. The first kappa shape index (κ1) is 87.5. The first-order valence-corrected chi connectivity index (χ1v) is 0. The zero-order valence-electron chi connectivity index (χ0n) is 1.58. The van der Waals surface area contributed by atoms with Gasteiger partial charge in [-0.15, -0.1) is 0 Å². The number of hydrogen-bond donors (Lipinski definition) is 0. The van der Waals surface area contributed by atoms with Crippen LogP contribution < -0.4 is 20.3 Å². The summed E-state index contributed by atoms with van der Waals surface area (Å²) in [6.45, 7) is 0. The van der Waals surface area contributed by atoms with Crippen molar-refractivity contribution in [2.24, 2.45) is 0 Å². The molecule has 0 aromatic heterocycles. The Morgan fingerprint density at radius 3 is 0.500 bits per heavy atom. The summed E-state index contributed by atoms with van der Waals surface area (Å²) in [7, 11) is 0. The van der Waals surface area contributed by atoms with Crippen molar-refractivity contribution in [2.45, 2.75) is 0 Å². The van der Waals surface area contributed by atoms with Gasteiger partial charge in [-0.3, -0.25) is 0 Å². The lowest BCUT2D eigenvalue weighted by atomic mass is 14.0. The van der Waals surface area contributed by atoms with Crippen molar-refractivity contribution >= 4 is 0 Å². The van der Waals surface area contributed by atoms with Crippen LogP contribution >= 0.6 is 0 Å². The van der Waals surface area contributed by atoms with Crippen molar-refractivity contribution in [1.29, 1.82) is 0 Å². The fourth-order valence-corrected chi connectivity index (χ4v) is 0. The van der Waals surface area contributed by atoms with E-state index in [1.807, 2.05) is 0 Å². The van der Waals surface area contributed by atoms with Gasteiger partial charge in [-0.25, -0.2) is 0 Å². The second-order valence-corrected chi connectivity index (χ2v) is 0. The maximum Gasteiger partial charge on any atom is 3.00 e. The highest BCUT2D eigenvalue weighted by Gasteiger charge is 3.00. The van der Waals surface area contributed by atoms with E-state index in [-0.39, 0.29) is 20.3 Å². The summed E-state index contributed by atoms with van der Waals surface area (Å²) in [5.41, 5.74) is 0. The second-order valence-electron chi connectivity index (χ2n) is 0. The molecule has 1 nitrogen and oxygen atoms in total. The average Bonchev–Trinajstić information content (AvgIpc) is 0. The van der Waals surface area contributed by atoms with Crippen molar-refractivity contribution in [1.82, 2.24) is 6.15 Å². The van der Waals surface area contributed by atoms with Crippen LogP contribution in [-0.2, 0) is 0 Å². The van der Waals surface area contributed by atoms with Crippen molar-refractivity contribution in [2.75, 3.05) is 0 Å². The SMILES string of the molecule is [F-].[F-].[F-].[N+3]. The normalized spacial score (nSPS) is 0. The highest BCUT2D eigenvalue weighted by atomic mass is 19.0. The lowest BCUT2D eigenvalue weighted by Gasteiger charge is -1.00. The van der Waals surface area contributed by atoms with E-state index >= 15 is 0 Å². The monoisotopic (exact) mass is 71.0 g/mol. The molecule has 0 N–H and O–H groups in total. The Kier molecular flexibility index (Phi) is 492. The molecule has 26 valence electrons. The summed E-state index contributed by atoms with van der Waals surface area (Å²) in [5, 5.41) is 0. The van der Waals surface area contributed by atoms with Crippen LogP contribution in [0.15, 0.2) is 0 Å². The zero-order valence-corrected chi connectivity index (χ0v) is 1.58. The molecule has 0 aromatic carbocycles. The van der Waals surface area contributed by atoms with Crippen molar-refractivity contribution in [3.63, 3.8) is 0 Å². The Morgan fingerprint density at radius 2 is 0.500 bits per heavy atom. The summed E-state index contributed by atoms with van der Waals surface area (Å²) >= 11 is 0. The lowest BCUT2D eigenvalue weighted by molar-refractivity contribution is -0.001000. The Balaban J connectivity index is 0. The molecule has 0 aromatic rings. The van der Waals surface area contributed by atoms with Gasteiger partial charge in [0.2, 0.25) is 0 Å². The molecular formula is F3N. The minimum atomic E-state index is 0. The van der Waals surface area contributed by atoms with Crippen LogP contribution in [0.4, 0.5) is 0 Å². The molecule has 0 aliphatic carbocycles. The van der Waals surface area contributed by atoms with Gasteiger partial charge in [0.15, 0.2) is 0 Å². The third-order valence-electron chi connectivity index (χ3n) is 0. The molecule has 0 amide bonds. The quantitative estimate of drug-likeness (QED) is 0.271. The maximum atomic E-state index is 0. The summed E-state index contributed by atoms with van der Waals surface area (Å²) in [4.78, 5) is 0. The first-order chi connectivity index (χ1) is 0. The van der Waals surface area contributed by atoms with Gasteiger partial charge in [0.1, 0.15) is 0 Å². The Morgan fingerprint density at radius 1 is 0.500 bits per heavy atom. The largest absolute Gasteiger partial charge is 3.00 e. The van der Waals surface area contributed by atoms with E-state index in [1.54, 1.807) is 0 Å². The van der Waals surface area contributed by atoms with E-state index in [0.29, 0.717) is 0 Å². The van der Waals surface area contributed by atoms with Crippen LogP contribution in [0, 0.1) is 0 Å². The molecule has 0 bridgehead atoms. The van der Waals surface area contributed by atoms with Crippen molar-refractivity contribution < 1.29 is 14.1 Å². The van der Waals surface area contributed by atoms with E-state index in [0.717, 1.165) is 0 Å². The van der Waals surface area contributed by atoms with Gasteiger partial charge in [-0.1, -0.05) is 0 Å². The third kappa shape index (κ3) is 1.50. The van der Waals surface area contributed by atoms with Crippen molar-refractivity contribution in [3.05, 3.63) is 0 Å². The molecule has 0 heterocycles. The van der Waals surface area contributed by atoms with Crippen molar-refractivity contribution in [3.8, 4) is 0 Å². The molecule has 2 radical (unpaired) electrons. The minimum absolute atomic E-state index is 0. The molecule has 4 heavy (non-hydrogen) atoms. The summed E-state index contributed by atoms with van der Waals surface area (Å²) < 4.78 is 0. The molecule has 4 heteroatoms. The number of hydrogen-bond acceptors (Lipinski definition) is 0. The number of halogens is 3. The third-order valence-corrected chi connectivity index (χ3v) is 0. The van der Waals surface area contributed by atoms with E-state index in [4.69, 9.17) is 0 Å². The molecule has 0 spiro atoms. The summed E-state index contributed by atoms with van der Waals surface area (Å²) in [6.07, 6.45) is 0. The highest BCUT2D eigenvalue weighted by Crippen LogP contribution is -0.481. The smallest absolute Gasteiger partial charge is 1.00 e. The minimum Gasteiger partial charge on any atom is -1.00 e. The standard InChI is InChI=1S/3FH.N/h3*1H;/q;;;+3/p-3. The molecule has 0 fully saturated rings. The van der Waals surface area contributed by atoms with E-state index in [1.165, 1.54) is 0 Å². The van der Waals surface area contributed by atoms with Gasteiger partial charge in [0.05, 0.1) is 0 Å². The fourth-order valence-electron chi connectivity index (χ4n) is 0. The molecule has 0 aliphatic heterocycles. The molecule has 0 saturated heterocycles. The van der Waals surface area contributed by atoms with Gasteiger partial charge in [-0.05, 0) is 0 Å². The number of rotatable bonds is 0. The summed E-state index contributed by atoms with van der Waals surface area (Å²) in [6, 6.07) is 0. The Hall–Kier alpha value is -0.500. The molecule has 0 aliphatic rings. The van der Waals surface area contributed by atoms with Crippen LogP contribution in [-0.4, -0.2) is 0 Å². The fraction of sp³-hybridized carbons (Fsp3) is 0. The lowest BCUT2D eigenvalue weighted by Crippen LogP contribution is -3.00. The predicted octanol–water partition coefficient (Wildman–Crippen LogP) is -9.47. The van der Waals surface area contributed by atoms with Crippen LogP contribution in [0.2, 0.25) is 0 Å². The molecule has 0 saturated carbocycles. The van der Waals surface area contributed by atoms with Gasteiger partial charge >= 0.3 is 6.15 Å². The maximum absolute atomic E-state index is 0. The van der Waals surface area contributed by atoms with Gasteiger partial charge in [0.25, 0.3) is 0 Å². The van der Waals surface area contributed by atoms with Crippen LogP contribution in [0.1, 0.15) is 0 Å².